The Morgan fingerprint density at radius 3 is 2.42 bits per heavy atom. The van der Waals surface area contributed by atoms with E-state index in [-0.39, 0.29) is 28.9 Å². The molecule has 1 amide bonds. The number of ketones is 1. The van der Waals surface area contributed by atoms with Crippen LogP contribution < -0.4 is 10.6 Å². The lowest BCUT2D eigenvalue weighted by molar-refractivity contribution is -0.384. The molecule has 156 valence electrons. The number of nitrogens with one attached hydrogen (secondary N) is 2. The number of carbonyl (C=O) groups is 2. The molecule has 1 aliphatic carbocycles. The highest BCUT2D eigenvalue weighted by molar-refractivity contribution is 6.09. The van der Waals surface area contributed by atoms with Gasteiger partial charge < -0.3 is 10.6 Å². The molecule has 4 rings (SSSR count). The first kappa shape index (κ1) is 20.3. The summed E-state index contributed by atoms with van der Waals surface area (Å²) >= 11 is 0. The van der Waals surface area contributed by atoms with Gasteiger partial charge in [0.25, 0.3) is 5.69 Å². The molecule has 7 heteroatoms. The smallest absolute Gasteiger partial charge is 0.293 e. The van der Waals surface area contributed by atoms with Crippen LogP contribution in [-0.2, 0) is 11.3 Å². The fraction of sp³-hybridized carbons (Fsp3) is 0.167. The number of hydrogen-bond acceptors (Lipinski definition) is 5. The van der Waals surface area contributed by atoms with Gasteiger partial charge in [-0.25, -0.2) is 0 Å². The van der Waals surface area contributed by atoms with Gasteiger partial charge in [-0.1, -0.05) is 42.5 Å². The fourth-order valence-electron chi connectivity index (χ4n) is 3.28. The number of nitro groups is 1. The zero-order valence-corrected chi connectivity index (χ0v) is 16.7. The molecule has 31 heavy (non-hydrogen) atoms. The molecular weight excluding hydrogens is 394 g/mol. The summed E-state index contributed by atoms with van der Waals surface area (Å²) in [5, 5.41) is 17.6. The maximum Gasteiger partial charge on any atom is 0.293 e. The topological polar surface area (TPSA) is 101 Å². The van der Waals surface area contributed by atoms with Crippen molar-refractivity contribution in [2.45, 2.75) is 19.4 Å². The minimum absolute atomic E-state index is 0.0272. The van der Waals surface area contributed by atoms with Crippen LogP contribution in [0.3, 0.4) is 0 Å². The minimum atomic E-state index is -0.504. The van der Waals surface area contributed by atoms with E-state index in [4.69, 9.17) is 0 Å². The van der Waals surface area contributed by atoms with Gasteiger partial charge in [0, 0.05) is 35.3 Å². The van der Waals surface area contributed by atoms with Gasteiger partial charge in [0.1, 0.15) is 5.69 Å². The molecule has 2 N–H and O–H groups in total. The van der Waals surface area contributed by atoms with Crippen LogP contribution in [0.15, 0.2) is 72.8 Å². The number of benzene rings is 3. The molecule has 0 radical (unpaired) electrons. The lowest BCUT2D eigenvalue weighted by Gasteiger charge is -2.10. The predicted molar refractivity (Wildman–Crippen MR) is 118 cm³/mol. The van der Waals surface area contributed by atoms with E-state index in [1.54, 1.807) is 42.5 Å². The summed E-state index contributed by atoms with van der Waals surface area (Å²) in [4.78, 5) is 35.7. The number of carbonyl (C=O) groups excluding carboxylic acids is 2. The van der Waals surface area contributed by atoms with Crippen LogP contribution in [0.2, 0.25) is 0 Å². The van der Waals surface area contributed by atoms with E-state index >= 15 is 0 Å². The summed E-state index contributed by atoms with van der Waals surface area (Å²) in [6.07, 6.45) is 1.86. The lowest BCUT2D eigenvalue weighted by Crippen LogP contribution is -2.13. The van der Waals surface area contributed by atoms with Crippen molar-refractivity contribution in [3.05, 3.63) is 99.6 Å². The number of nitro benzene ring substituents is 1. The van der Waals surface area contributed by atoms with E-state index in [1.165, 1.54) is 6.07 Å². The summed E-state index contributed by atoms with van der Waals surface area (Å²) in [5.74, 6) is -0.129. The number of rotatable bonds is 8. The molecule has 3 aromatic carbocycles. The van der Waals surface area contributed by atoms with Crippen LogP contribution in [0.4, 0.5) is 17.1 Å². The molecule has 3 aromatic rings. The van der Waals surface area contributed by atoms with Crippen LogP contribution in [0.5, 0.6) is 0 Å². The number of hydrogen-bond donors (Lipinski definition) is 2. The molecule has 0 aliphatic heterocycles. The van der Waals surface area contributed by atoms with E-state index in [9.17, 15) is 19.7 Å². The Kier molecular flexibility index (Phi) is 5.75. The van der Waals surface area contributed by atoms with Crippen LogP contribution in [0.1, 0.15) is 34.3 Å². The maximum absolute atomic E-state index is 12.6. The van der Waals surface area contributed by atoms with E-state index in [1.807, 2.05) is 24.3 Å². The van der Waals surface area contributed by atoms with Crippen molar-refractivity contribution in [1.29, 1.82) is 0 Å². The van der Waals surface area contributed by atoms with E-state index in [0.29, 0.717) is 23.5 Å². The molecule has 7 nitrogen and oxygen atoms in total. The summed E-state index contributed by atoms with van der Waals surface area (Å²) in [7, 11) is 0. The highest BCUT2D eigenvalue weighted by Crippen LogP contribution is 2.30. The second kappa shape index (κ2) is 8.79. The quantitative estimate of drug-likeness (QED) is 0.313. The summed E-state index contributed by atoms with van der Waals surface area (Å²) in [6, 6.07) is 20.4. The first-order valence-electron chi connectivity index (χ1n) is 10.0. The molecule has 0 saturated heterocycles. The van der Waals surface area contributed by atoms with Crippen molar-refractivity contribution in [3.8, 4) is 0 Å². The minimum Gasteiger partial charge on any atom is -0.375 e. The second-order valence-electron chi connectivity index (χ2n) is 7.50. The maximum atomic E-state index is 12.6. The average Bonchev–Trinajstić information content (AvgIpc) is 3.63. The zero-order chi connectivity index (χ0) is 21.8. The van der Waals surface area contributed by atoms with Gasteiger partial charge >= 0.3 is 0 Å². The summed E-state index contributed by atoms with van der Waals surface area (Å²) in [6.45, 7) is 0.333. The molecule has 0 spiro atoms. The Bertz CT molecular complexity index is 1140. The van der Waals surface area contributed by atoms with Crippen molar-refractivity contribution in [1.82, 2.24) is 0 Å². The van der Waals surface area contributed by atoms with Gasteiger partial charge in [0.15, 0.2) is 5.78 Å². The first-order chi connectivity index (χ1) is 15.0. The Morgan fingerprint density at radius 1 is 0.935 bits per heavy atom. The fourth-order valence-corrected chi connectivity index (χ4v) is 3.28. The molecule has 0 atom stereocenters. The molecule has 0 unspecified atom stereocenters. The Morgan fingerprint density at radius 2 is 1.71 bits per heavy atom. The van der Waals surface area contributed by atoms with Crippen molar-refractivity contribution in [3.63, 3.8) is 0 Å². The largest absolute Gasteiger partial charge is 0.375 e. The molecule has 0 heterocycles. The van der Waals surface area contributed by atoms with Crippen LogP contribution in [-0.4, -0.2) is 16.6 Å². The standard InChI is InChI=1S/C24H21N3O4/c28-23(17-6-2-1-3-7-17)19-11-12-21(22(14-19)27(30)31)25-15-16-5-4-8-20(13-16)26-24(29)18-9-10-18/h1-8,11-14,18,25H,9-10,15H2,(H,26,29). The van der Waals surface area contributed by atoms with Gasteiger partial charge in [-0.3, -0.25) is 19.7 Å². The van der Waals surface area contributed by atoms with E-state index < -0.39 is 4.92 Å². The number of anilines is 2. The third-order valence-corrected chi connectivity index (χ3v) is 5.12. The summed E-state index contributed by atoms with van der Waals surface area (Å²) in [5.41, 5.74) is 2.46. The highest BCUT2D eigenvalue weighted by Gasteiger charge is 2.29. The number of amides is 1. The van der Waals surface area contributed by atoms with Crippen molar-refractivity contribution >= 4 is 28.8 Å². The van der Waals surface area contributed by atoms with Crippen molar-refractivity contribution in [2.75, 3.05) is 10.6 Å². The third kappa shape index (κ3) is 4.95. The second-order valence-corrected chi connectivity index (χ2v) is 7.50. The first-order valence-corrected chi connectivity index (χ1v) is 10.0. The van der Waals surface area contributed by atoms with Gasteiger partial charge in [-0.05, 0) is 42.7 Å². The SMILES string of the molecule is O=C(c1ccccc1)c1ccc(NCc2cccc(NC(=O)C3CC3)c2)c([N+](=O)[O-])c1. The van der Waals surface area contributed by atoms with E-state index in [2.05, 4.69) is 10.6 Å². The summed E-state index contributed by atoms with van der Waals surface area (Å²) < 4.78 is 0. The predicted octanol–water partition coefficient (Wildman–Crippen LogP) is 4.79. The van der Waals surface area contributed by atoms with Crippen molar-refractivity contribution in [2.24, 2.45) is 5.92 Å². The normalized spacial score (nSPS) is 12.8. The van der Waals surface area contributed by atoms with Gasteiger partial charge in [-0.2, -0.15) is 0 Å². The van der Waals surface area contributed by atoms with Gasteiger partial charge in [0.05, 0.1) is 4.92 Å². The van der Waals surface area contributed by atoms with E-state index in [0.717, 1.165) is 18.4 Å². The Labute approximate surface area is 179 Å². The lowest BCUT2D eigenvalue weighted by atomic mass is 10.0. The molecule has 0 aromatic heterocycles. The van der Waals surface area contributed by atoms with Crippen LogP contribution >= 0.6 is 0 Å². The van der Waals surface area contributed by atoms with Crippen molar-refractivity contribution < 1.29 is 14.5 Å². The zero-order valence-electron chi connectivity index (χ0n) is 16.7. The van der Waals surface area contributed by atoms with Gasteiger partial charge in [-0.15, -0.1) is 0 Å². The molecule has 1 saturated carbocycles. The molecule has 1 fully saturated rings. The monoisotopic (exact) mass is 415 g/mol. The van der Waals surface area contributed by atoms with Crippen LogP contribution in [0.25, 0.3) is 0 Å². The van der Waals surface area contributed by atoms with Crippen LogP contribution in [0, 0.1) is 16.0 Å². The molecular formula is C24H21N3O4. The average molecular weight is 415 g/mol. The Hall–Kier alpha value is -4.00. The highest BCUT2D eigenvalue weighted by atomic mass is 16.6. The molecule has 1 aliphatic rings. The van der Waals surface area contributed by atoms with Gasteiger partial charge in [0.2, 0.25) is 5.91 Å². The molecule has 0 bridgehead atoms. The Balaban J connectivity index is 1.49. The third-order valence-electron chi connectivity index (χ3n) is 5.12. The number of nitrogens with zero attached hydrogens (tertiary/aromatic N) is 1.